The molecule has 2 aliphatic rings. The Morgan fingerprint density at radius 3 is 2.61 bits per heavy atom. The van der Waals surface area contributed by atoms with Crippen LogP contribution in [-0.2, 0) is 9.84 Å². The molecule has 1 saturated carbocycles. The van der Waals surface area contributed by atoms with Crippen LogP contribution in [0.15, 0.2) is 6.07 Å². The zero-order chi connectivity index (χ0) is 12.9. The van der Waals surface area contributed by atoms with Crippen LogP contribution < -0.4 is 0 Å². The highest BCUT2D eigenvalue weighted by molar-refractivity contribution is 7.91. The molecule has 3 rings (SSSR count). The van der Waals surface area contributed by atoms with Gasteiger partial charge in [-0.05, 0) is 25.3 Å². The molecule has 0 amide bonds. The molecule has 1 N–H and O–H groups in total. The molecule has 18 heavy (non-hydrogen) atoms. The van der Waals surface area contributed by atoms with Gasteiger partial charge >= 0.3 is 5.97 Å². The molecule has 0 bridgehead atoms. The minimum Gasteiger partial charge on any atom is -0.476 e. The lowest BCUT2D eigenvalue weighted by Crippen LogP contribution is -2.15. The average molecular weight is 270 g/mol. The molecule has 98 valence electrons. The molecule has 1 atom stereocenters. The minimum absolute atomic E-state index is 0.0150. The van der Waals surface area contributed by atoms with E-state index in [1.165, 1.54) is 0 Å². The molecular formula is C11H14N2O4S. The summed E-state index contributed by atoms with van der Waals surface area (Å²) in [4.78, 5) is 11.0. The molecule has 1 saturated heterocycles. The summed E-state index contributed by atoms with van der Waals surface area (Å²) in [7, 11) is -2.98. The van der Waals surface area contributed by atoms with E-state index in [2.05, 4.69) is 5.10 Å². The summed E-state index contributed by atoms with van der Waals surface area (Å²) in [6, 6.07) is 1.39. The van der Waals surface area contributed by atoms with Crippen molar-refractivity contribution in [1.82, 2.24) is 9.78 Å². The van der Waals surface area contributed by atoms with Crippen LogP contribution in [0.5, 0.6) is 0 Å². The Kier molecular flexibility index (Phi) is 2.48. The SMILES string of the molecule is O=C(O)c1cc(C2CC2)n([C@H]2CCS(=O)(=O)C2)n1. The molecular weight excluding hydrogens is 256 g/mol. The summed E-state index contributed by atoms with van der Waals surface area (Å²) >= 11 is 0. The van der Waals surface area contributed by atoms with E-state index in [9.17, 15) is 13.2 Å². The van der Waals surface area contributed by atoms with Crippen molar-refractivity contribution < 1.29 is 18.3 Å². The van der Waals surface area contributed by atoms with Crippen LogP contribution in [0.1, 0.15) is 47.4 Å². The maximum Gasteiger partial charge on any atom is 0.356 e. The Morgan fingerprint density at radius 2 is 2.11 bits per heavy atom. The lowest BCUT2D eigenvalue weighted by molar-refractivity contribution is 0.0689. The maximum absolute atomic E-state index is 11.5. The number of rotatable bonds is 3. The topological polar surface area (TPSA) is 89.3 Å². The van der Waals surface area contributed by atoms with Gasteiger partial charge in [-0.1, -0.05) is 0 Å². The molecule has 0 aromatic carbocycles. The van der Waals surface area contributed by atoms with Crippen LogP contribution >= 0.6 is 0 Å². The van der Waals surface area contributed by atoms with E-state index < -0.39 is 15.8 Å². The van der Waals surface area contributed by atoms with E-state index in [0.717, 1.165) is 18.5 Å². The summed E-state index contributed by atoms with van der Waals surface area (Å²) in [5, 5.41) is 13.0. The van der Waals surface area contributed by atoms with Gasteiger partial charge < -0.3 is 5.11 Å². The Bertz CT molecular complexity index is 601. The van der Waals surface area contributed by atoms with Gasteiger partial charge in [-0.2, -0.15) is 5.10 Å². The predicted octanol–water partition coefficient (Wildman–Crippen LogP) is 0.818. The summed E-state index contributed by atoms with van der Waals surface area (Å²) < 4.78 is 24.6. The number of hydrogen-bond donors (Lipinski definition) is 1. The lowest BCUT2D eigenvalue weighted by atomic mass is 10.2. The van der Waals surface area contributed by atoms with E-state index in [0.29, 0.717) is 12.3 Å². The second kappa shape index (κ2) is 3.81. The highest BCUT2D eigenvalue weighted by Crippen LogP contribution is 2.42. The third-order valence-electron chi connectivity index (χ3n) is 3.53. The monoisotopic (exact) mass is 270 g/mol. The number of carbonyl (C=O) groups is 1. The van der Waals surface area contributed by atoms with Gasteiger partial charge in [-0.25, -0.2) is 13.2 Å². The Balaban J connectivity index is 1.97. The fraction of sp³-hybridized carbons (Fsp3) is 0.636. The molecule has 0 spiro atoms. The standard InChI is InChI=1S/C11H14N2O4S/c14-11(15)9-5-10(7-1-2-7)13(12-9)8-3-4-18(16,17)6-8/h5,7-8H,1-4,6H2,(H,14,15)/t8-/m0/s1. The molecule has 7 heteroatoms. The first kappa shape index (κ1) is 11.7. The van der Waals surface area contributed by atoms with Crippen LogP contribution in [0.4, 0.5) is 0 Å². The Morgan fingerprint density at radius 1 is 1.39 bits per heavy atom. The van der Waals surface area contributed by atoms with Crippen LogP contribution in [-0.4, -0.2) is 40.8 Å². The minimum atomic E-state index is -2.98. The second-order valence-corrected chi connectivity index (χ2v) is 7.26. The molecule has 6 nitrogen and oxygen atoms in total. The average Bonchev–Trinajstić information content (AvgIpc) is 2.92. The number of carboxylic acid groups (broad SMARTS) is 1. The van der Waals surface area contributed by atoms with Crippen LogP contribution in [0.2, 0.25) is 0 Å². The summed E-state index contributed by atoms with van der Waals surface area (Å²) in [5.74, 6) is -0.456. The highest BCUT2D eigenvalue weighted by Gasteiger charge is 2.35. The number of hydrogen-bond acceptors (Lipinski definition) is 4. The summed E-state index contributed by atoms with van der Waals surface area (Å²) in [5.41, 5.74) is 0.899. The smallest absolute Gasteiger partial charge is 0.356 e. The number of aromatic carboxylic acids is 1. The Labute approximate surface area is 105 Å². The second-order valence-electron chi connectivity index (χ2n) is 5.04. The molecule has 1 aromatic heterocycles. The molecule has 1 aliphatic carbocycles. The van der Waals surface area contributed by atoms with Crippen LogP contribution in [0.25, 0.3) is 0 Å². The fourth-order valence-electron chi connectivity index (χ4n) is 2.46. The van der Waals surface area contributed by atoms with E-state index in [-0.39, 0.29) is 23.2 Å². The van der Waals surface area contributed by atoms with E-state index in [1.54, 1.807) is 10.7 Å². The van der Waals surface area contributed by atoms with Crippen molar-refractivity contribution in [2.75, 3.05) is 11.5 Å². The summed E-state index contributed by atoms with van der Waals surface area (Å²) in [6.45, 7) is 0. The number of sulfone groups is 1. The van der Waals surface area contributed by atoms with Gasteiger partial charge in [0.15, 0.2) is 15.5 Å². The third kappa shape index (κ3) is 2.03. The zero-order valence-electron chi connectivity index (χ0n) is 9.74. The molecule has 0 unspecified atom stereocenters. The van der Waals surface area contributed by atoms with Crippen molar-refractivity contribution >= 4 is 15.8 Å². The summed E-state index contributed by atoms with van der Waals surface area (Å²) in [6.07, 6.45) is 2.59. The van der Waals surface area contributed by atoms with Crippen molar-refractivity contribution in [3.8, 4) is 0 Å². The van der Waals surface area contributed by atoms with Gasteiger partial charge in [0.2, 0.25) is 0 Å². The molecule has 0 radical (unpaired) electrons. The first-order chi connectivity index (χ1) is 8.46. The van der Waals surface area contributed by atoms with Crippen molar-refractivity contribution in [2.45, 2.75) is 31.2 Å². The van der Waals surface area contributed by atoms with Gasteiger partial charge in [0.05, 0.1) is 17.5 Å². The quantitative estimate of drug-likeness (QED) is 0.878. The number of aromatic nitrogens is 2. The highest BCUT2D eigenvalue weighted by atomic mass is 32.2. The lowest BCUT2D eigenvalue weighted by Gasteiger charge is -2.12. The van der Waals surface area contributed by atoms with Gasteiger partial charge in [0.25, 0.3) is 0 Å². The Hall–Kier alpha value is -1.37. The molecule has 1 aromatic rings. The fourth-order valence-corrected chi connectivity index (χ4v) is 4.15. The van der Waals surface area contributed by atoms with E-state index in [1.807, 2.05) is 0 Å². The van der Waals surface area contributed by atoms with Crippen molar-refractivity contribution in [3.63, 3.8) is 0 Å². The maximum atomic E-state index is 11.5. The third-order valence-corrected chi connectivity index (χ3v) is 5.28. The number of carboxylic acids is 1. The van der Waals surface area contributed by atoms with Gasteiger partial charge in [0.1, 0.15) is 0 Å². The predicted molar refractivity (Wildman–Crippen MR) is 63.5 cm³/mol. The van der Waals surface area contributed by atoms with Crippen molar-refractivity contribution in [3.05, 3.63) is 17.5 Å². The molecule has 1 aliphatic heterocycles. The largest absolute Gasteiger partial charge is 0.476 e. The normalized spacial score (nSPS) is 26.3. The van der Waals surface area contributed by atoms with Gasteiger partial charge in [-0.15, -0.1) is 0 Å². The molecule has 2 fully saturated rings. The van der Waals surface area contributed by atoms with Gasteiger partial charge in [-0.3, -0.25) is 4.68 Å². The van der Waals surface area contributed by atoms with Crippen molar-refractivity contribution in [2.24, 2.45) is 0 Å². The van der Waals surface area contributed by atoms with E-state index in [4.69, 9.17) is 5.11 Å². The van der Waals surface area contributed by atoms with Crippen LogP contribution in [0, 0.1) is 0 Å². The zero-order valence-corrected chi connectivity index (χ0v) is 10.6. The van der Waals surface area contributed by atoms with Gasteiger partial charge in [0, 0.05) is 11.6 Å². The van der Waals surface area contributed by atoms with Crippen LogP contribution in [0.3, 0.4) is 0 Å². The number of nitrogens with zero attached hydrogens (tertiary/aromatic N) is 2. The van der Waals surface area contributed by atoms with E-state index >= 15 is 0 Å². The first-order valence-corrected chi connectivity index (χ1v) is 7.81. The molecule has 2 heterocycles. The first-order valence-electron chi connectivity index (χ1n) is 5.99. The van der Waals surface area contributed by atoms with Crippen molar-refractivity contribution in [1.29, 1.82) is 0 Å².